The van der Waals surface area contributed by atoms with Gasteiger partial charge in [0.05, 0.1) is 23.4 Å². The van der Waals surface area contributed by atoms with Gasteiger partial charge >= 0.3 is 12.2 Å². The number of benzene rings is 2. The molecule has 1 atom stereocenters. The lowest BCUT2D eigenvalue weighted by Crippen LogP contribution is -2.43. The molecule has 2 aromatic carbocycles. The Labute approximate surface area is 220 Å². The lowest BCUT2D eigenvalue weighted by atomic mass is 10.1. The fourth-order valence-electron chi connectivity index (χ4n) is 4.21. The first-order valence-electron chi connectivity index (χ1n) is 12.6. The molecule has 0 saturated carbocycles. The minimum atomic E-state index is -4.68. The number of hydrogen-bond donors (Lipinski definition) is 4. The Kier molecular flexibility index (Phi) is 9.73. The first-order valence-corrected chi connectivity index (χ1v) is 12.6. The fourth-order valence-corrected chi connectivity index (χ4v) is 4.21. The van der Waals surface area contributed by atoms with Crippen molar-refractivity contribution in [2.24, 2.45) is 0 Å². The number of rotatable bonds is 9. The largest absolute Gasteiger partial charge is 0.416 e. The molecule has 3 rings (SSSR count). The van der Waals surface area contributed by atoms with Crippen molar-refractivity contribution in [3.63, 3.8) is 0 Å². The SMILES string of the molecule is CCc1ccc(CN2CC[C@H](NC(=O)CNC(=O)c3cc(C(F)(F)F)ccc3NC(=O)NC(C)C)C2)cc1. The molecule has 0 bridgehead atoms. The number of carbonyl (C=O) groups is 3. The van der Waals surface area contributed by atoms with Crippen molar-refractivity contribution >= 4 is 23.5 Å². The summed E-state index contributed by atoms with van der Waals surface area (Å²) < 4.78 is 39.7. The summed E-state index contributed by atoms with van der Waals surface area (Å²) in [5, 5.41) is 10.2. The highest BCUT2D eigenvalue weighted by Crippen LogP contribution is 2.32. The summed E-state index contributed by atoms with van der Waals surface area (Å²) in [6, 6.07) is 9.87. The van der Waals surface area contributed by atoms with Crippen LogP contribution in [-0.2, 0) is 23.9 Å². The van der Waals surface area contributed by atoms with Crippen LogP contribution in [0.25, 0.3) is 0 Å². The van der Waals surface area contributed by atoms with Crippen LogP contribution in [0.3, 0.4) is 0 Å². The summed E-state index contributed by atoms with van der Waals surface area (Å²) in [6.45, 7) is 7.35. The Morgan fingerprint density at radius 2 is 1.74 bits per heavy atom. The van der Waals surface area contributed by atoms with Gasteiger partial charge in [0.1, 0.15) is 0 Å². The van der Waals surface area contributed by atoms with Crippen molar-refractivity contribution in [2.75, 3.05) is 25.0 Å². The fraction of sp³-hybridized carbons (Fsp3) is 0.444. The molecule has 2 aromatic rings. The number of aryl methyl sites for hydroxylation is 1. The van der Waals surface area contributed by atoms with Crippen LogP contribution in [0.15, 0.2) is 42.5 Å². The molecule has 0 aromatic heterocycles. The van der Waals surface area contributed by atoms with E-state index < -0.39 is 41.7 Å². The zero-order valence-corrected chi connectivity index (χ0v) is 21.7. The highest BCUT2D eigenvalue weighted by molar-refractivity contribution is 6.04. The van der Waals surface area contributed by atoms with Gasteiger partial charge in [-0.3, -0.25) is 14.5 Å². The van der Waals surface area contributed by atoms with Crippen molar-refractivity contribution in [2.45, 2.75) is 58.4 Å². The van der Waals surface area contributed by atoms with Crippen LogP contribution in [0.5, 0.6) is 0 Å². The summed E-state index contributed by atoms with van der Waals surface area (Å²) in [7, 11) is 0. The van der Waals surface area contributed by atoms with Gasteiger partial charge in [-0.1, -0.05) is 31.2 Å². The lowest BCUT2D eigenvalue weighted by molar-refractivity contribution is -0.137. The van der Waals surface area contributed by atoms with E-state index in [9.17, 15) is 27.6 Å². The van der Waals surface area contributed by atoms with Gasteiger partial charge in [0.2, 0.25) is 5.91 Å². The molecule has 1 saturated heterocycles. The molecule has 0 aliphatic carbocycles. The Morgan fingerprint density at radius 1 is 1.05 bits per heavy atom. The third-order valence-corrected chi connectivity index (χ3v) is 6.14. The predicted molar refractivity (Wildman–Crippen MR) is 139 cm³/mol. The molecule has 0 spiro atoms. The van der Waals surface area contributed by atoms with Crippen molar-refractivity contribution in [1.82, 2.24) is 20.9 Å². The summed E-state index contributed by atoms with van der Waals surface area (Å²) in [6.07, 6.45) is -2.95. The van der Waals surface area contributed by atoms with Gasteiger partial charge in [0.25, 0.3) is 5.91 Å². The highest BCUT2D eigenvalue weighted by atomic mass is 19.4. The van der Waals surface area contributed by atoms with Crippen molar-refractivity contribution in [3.8, 4) is 0 Å². The van der Waals surface area contributed by atoms with Crippen molar-refractivity contribution in [1.29, 1.82) is 0 Å². The quantitative estimate of drug-likeness (QED) is 0.393. The van der Waals surface area contributed by atoms with Crippen molar-refractivity contribution in [3.05, 3.63) is 64.7 Å². The second-order valence-electron chi connectivity index (χ2n) is 9.65. The average Bonchev–Trinajstić information content (AvgIpc) is 3.28. The summed E-state index contributed by atoms with van der Waals surface area (Å²) in [5.74, 6) is -1.36. The smallest absolute Gasteiger partial charge is 0.350 e. The molecule has 1 aliphatic heterocycles. The van der Waals surface area contributed by atoms with Gasteiger partial charge in [-0.25, -0.2) is 4.79 Å². The molecule has 1 aliphatic rings. The number of urea groups is 1. The summed E-state index contributed by atoms with van der Waals surface area (Å²) in [4.78, 5) is 39.5. The van der Waals surface area contributed by atoms with E-state index in [4.69, 9.17) is 0 Å². The number of likely N-dealkylation sites (tertiary alicyclic amines) is 1. The topological polar surface area (TPSA) is 103 Å². The standard InChI is InChI=1S/C27H34F3N5O3/c1-4-18-5-7-19(8-6-18)15-35-12-11-21(16-35)33-24(36)14-31-25(37)22-13-20(27(28,29)30)9-10-23(22)34-26(38)32-17(2)3/h5-10,13,17,21H,4,11-12,14-16H2,1-3H3,(H,31,37)(H,33,36)(H2,32,34,38)/t21-/m0/s1. The lowest BCUT2D eigenvalue weighted by Gasteiger charge is -2.18. The van der Waals surface area contributed by atoms with Crippen LogP contribution < -0.4 is 21.3 Å². The number of anilines is 1. The molecule has 4 amide bonds. The molecule has 0 unspecified atom stereocenters. The van der Waals surface area contributed by atoms with Crippen molar-refractivity contribution < 1.29 is 27.6 Å². The van der Waals surface area contributed by atoms with Crippen LogP contribution >= 0.6 is 0 Å². The number of nitrogens with one attached hydrogen (secondary N) is 4. The van der Waals surface area contributed by atoms with Crippen LogP contribution in [0.1, 0.15) is 54.2 Å². The second kappa shape index (κ2) is 12.8. The summed E-state index contributed by atoms with van der Waals surface area (Å²) in [5.41, 5.74) is 0.917. The number of amides is 4. The molecular formula is C27H34F3N5O3. The Hall–Kier alpha value is -3.60. The van der Waals surface area contributed by atoms with E-state index in [0.717, 1.165) is 38.1 Å². The maximum Gasteiger partial charge on any atom is 0.416 e. The Bertz CT molecular complexity index is 1140. The van der Waals surface area contributed by atoms with Gasteiger partial charge in [-0.05, 0) is 56.0 Å². The zero-order chi connectivity index (χ0) is 27.9. The third kappa shape index (κ3) is 8.47. The molecule has 206 valence electrons. The van der Waals surface area contributed by atoms with Crippen LogP contribution in [0.2, 0.25) is 0 Å². The van der Waals surface area contributed by atoms with E-state index >= 15 is 0 Å². The molecule has 4 N–H and O–H groups in total. The van der Waals surface area contributed by atoms with Crippen LogP contribution in [0, 0.1) is 0 Å². The first kappa shape index (κ1) is 29.0. The van der Waals surface area contributed by atoms with E-state index in [-0.39, 0.29) is 17.8 Å². The Balaban J connectivity index is 1.56. The van der Waals surface area contributed by atoms with Gasteiger partial charge in [-0.2, -0.15) is 13.2 Å². The van der Waals surface area contributed by atoms with Gasteiger partial charge < -0.3 is 21.3 Å². The average molecular weight is 534 g/mol. The first-order chi connectivity index (χ1) is 17.9. The van der Waals surface area contributed by atoms with E-state index in [2.05, 4.69) is 57.4 Å². The minimum absolute atomic E-state index is 0.0974. The van der Waals surface area contributed by atoms with E-state index in [1.807, 2.05) is 0 Å². The molecule has 1 heterocycles. The molecule has 8 nitrogen and oxygen atoms in total. The number of nitrogens with zero attached hydrogens (tertiary/aromatic N) is 1. The Morgan fingerprint density at radius 3 is 2.37 bits per heavy atom. The molecule has 1 fully saturated rings. The maximum absolute atomic E-state index is 13.2. The molecule has 0 radical (unpaired) electrons. The monoisotopic (exact) mass is 533 g/mol. The number of carbonyl (C=O) groups excluding carboxylic acids is 3. The number of halogens is 3. The van der Waals surface area contributed by atoms with E-state index in [1.54, 1.807) is 13.8 Å². The highest BCUT2D eigenvalue weighted by Gasteiger charge is 2.32. The molecular weight excluding hydrogens is 499 g/mol. The molecule has 38 heavy (non-hydrogen) atoms. The minimum Gasteiger partial charge on any atom is -0.350 e. The normalized spacial score (nSPS) is 15.8. The second-order valence-corrected chi connectivity index (χ2v) is 9.65. The third-order valence-electron chi connectivity index (χ3n) is 6.14. The van der Waals surface area contributed by atoms with E-state index in [1.165, 1.54) is 11.1 Å². The van der Waals surface area contributed by atoms with Crippen LogP contribution in [0.4, 0.5) is 23.7 Å². The summed E-state index contributed by atoms with van der Waals surface area (Å²) >= 11 is 0. The number of alkyl halides is 3. The van der Waals surface area contributed by atoms with Gasteiger partial charge in [0, 0.05) is 31.7 Å². The van der Waals surface area contributed by atoms with Gasteiger partial charge in [0.15, 0.2) is 0 Å². The zero-order valence-electron chi connectivity index (χ0n) is 21.7. The van der Waals surface area contributed by atoms with E-state index in [0.29, 0.717) is 12.6 Å². The maximum atomic E-state index is 13.2. The van der Waals surface area contributed by atoms with Gasteiger partial charge in [-0.15, -0.1) is 0 Å². The van der Waals surface area contributed by atoms with Crippen LogP contribution in [-0.4, -0.2) is 54.5 Å². The molecule has 11 heteroatoms. The predicted octanol–water partition coefficient (Wildman–Crippen LogP) is 3.92. The number of hydrogen-bond acceptors (Lipinski definition) is 4.